The summed E-state index contributed by atoms with van der Waals surface area (Å²) < 4.78 is 62.2. The summed E-state index contributed by atoms with van der Waals surface area (Å²) in [5.74, 6) is -7.29. The Labute approximate surface area is 371 Å². The quantitative estimate of drug-likeness (QED) is 0.166. The summed E-state index contributed by atoms with van der Waals surface area (Å²) in [7, 11) is 4.37. The van der Waals surface area contributed by atoms with E-state index in [1.165, 1.54) is 39.2 Å². The number of amides is 4. The minimum absolute atomic E-state index is 0. The minimum atomic E-state index is -1.23. The standard InChI is InChI=1S/C22H23F2N3O5.C21H21F2N3O5.2CH4/c1-10-22(2)8-14(28)16-15(20(30)25-9-11-5-6-12(23)7-13(11)24)18(29)19(32-4)17(27(16)22)21(31)26(10)3;1-9-21(2)7-13(27)15-14(17(28)18(29)16(26(15)21)20(31)25(9)3)19(30)24-8-10-4-5-11(22)6-12(10)23;;/h5-7,10,14,28H,8-9H2,1-4H3,(H,25,30);4-6,9,13,27,29H,7-8H2,1-3H3,(H,24,30);2*1H4. The van der Waals surface area contributed by atoms with E-state index in [1.54, 1.807) is 20.9 Å². The molecule has 0 saturated heterocycles. The van der Waals surface area contributed by atoms with Crippen LogP contribution < -0.4 is 26.2 Å². The van der Waals surface area contributed by atoms with Gasteiger partial charge < -0.3 is 49.6 Å². The van der Waals surface area contributed by atoms with Crippen molar-refractivity contribution in [3.05, 3.63) is 125 Å². The van der Waals surface area contributed by atoms with Crippen molar-refractivity contribution in [2.45, 2.75) is 104 Å². The number of aromatic hydroxyl groups is 1. The average Bonchev–Trinajstić information content (AvgIpc) is 3.66. The highest BCUT2D eigenvalue weighted by atomic mass is 19.1. The van der Waals surface area contributed by atoms with Gasteiger partial charge >= 0.3 is 0 Å². The number of carbonyl (C=O) groups excluding carboxylic acids is 4. The third-order valence-electron chi connectivity index (χ3n) is 13.2. The molecule has 4 aliphatic rings. The second-order valence-electron chi connectivity index (χ2n) is 16.6. The predicted octanol–water partition coefficient (Wildman–Crippen LogP) is 4.35. The summed E-state index contributed by atoms with van der Waals surface area (Å²) in [5, 5.41) is 37.0. The van der Waals surface area contributed by atoms with E-state index in [0.29, 0.717) is 12.1 Å². The maximum Gasteiger partial charge on any atom is 0.274 e. The van der Waals surface area contributed by atoms with Crippen molar-refractivity contribution in [3.63, 3.8) is 0 Å². The highest BCUT2D eigenvalue weighted by molar-refractivity contribution is 6.02. The Balaban J connectivity index is 0.000000237. The van der Waals surface area contributed by atoms with Crippen LogP contribution in [0.15, 0.2) is 46.0 Å². The van der Waals surface area contributed by atoms with Crippen LogP contribution >= 0.6 is 0 Å². The van der Waals surface area contributed by atoms with Crippen molar-refractivity contribution in [3.8, 4) is 11.5 Å². The molecule has 0 bridgehead atoms. The molecule has 2 aromatic heterocycles. The van der Waals surface area contributed by atoms with Gasteiger partial charge in [-0.1, -0.05) is 27.0 Å². The second-order valence-corrected chi connectivity index (χ2v) is 16.6. The number of aliphatic hydroxyl groups excluding tert-OH is 2. The van der Waals surface area contributed by atoms with E-state index < -0.39 is 98.4 Å². The number of likely N-dealkylation sites (N-methyl/N-ethyl adjacent to an activating group) is 2. The predicted molar refractivity (Wildman–Crippen MR) is 228 cm³/mol. The average molecular weight is 913 g/mol. The fourth-order valence-corrected chi connectivity index (χ4v) is 9.31. The number of aromatic nitrogens is 2. The number of halogens is 4. The molecule has 4 amide bonds. The van der Waals surface area contributed by atoms with Crippen LogP contribution in [0.25, 0.3) is 0 Å². The Bertz CT molecular complexity index is 2780. The molecule has 0 aliphatic carbocycles. The summed E-state index contributed by atoms with van der Waals surface area (Å²) in [6.45, 7) is 6.54. The number of nitrogens with one attached hydrogen (secondary N) is 2. The van der Waals surface area contributed by atoms with E-state index in [-0.39, 0.29) is 92.0 Å². The number of methoxy groups -OCH3 is 1. The molecule has 20 heteroatoms. The van der Waals surface area contributed by atoms with Crippen LogP contribution in [0.4, 0.5) is 17.6 Å². The van der Waals surface area contributed by atoms with Gasteiger partial charge in [0.25, 0.3) is 23.6 Å². The fraction of sp³-hybridized carbons (Fsp3) is 0.422. The van der Waals surface area contributed by atoms with Crippen molar-refractivity contribution in [1.82, 2.24) is 29.6 Å². The van der Waals surface area contributed by atoms with E-state index in [9.17, 15) is 61.6 Å². The molecule has 6 atom stereocenters. The number of benzene rings is 2. The molecule has 4 aromatic rings. The van der Waals surface area contributed by atoms with E-state index >= 15 is 0 Å². The molecule has 6 heterocycles. The molecule has 6 unspecified atom stereocenters. The molecule has 2 aromatic carbocycles. The van der Waals surface area contributed by atoms with Crippen molar-refractivity contribution in [2.75, 3.05) is 21.2 Å². The Morgan fingerprint density at radius 3 is 1.49 bits per heavy atom. The van der Waals surface area contributed by atoms with Gasteiger partial charge in [-0.15, -0.1) is 0 Å². The first-order valence-electron chi connectivity index (χ1n) is 19.8. The highest BCUT2D eigenvalue weighted by Gasteiger charge is 2.55. The molecule has 65 heavy (non-hydrogen) atoms. The summed E-state index contributed by atoms with van der Waals surface area (Å²) in [5.41, 5.74) is -4.79. The van der Waals surface area contributed by atoms with Crippen LogP contribution in [0, 0.1) is 23.3 Å². The van der Waals surface area contributed by atoms with E-state index in [2.05, 4.69) is 10.6 Å². The molecule has 16 nitrogen and oxygen atoms in total. The van der Waals surface area contributed by atoms with Gasteiger partial charge in [-0.3, -0.25) is 28.8 Å². The molecule has 350 valence electrons. The fourth-order valence-electron chi connectivity index (χ4n) is 9.31. The van der Waals surface area contributed by atoms with E-state index in [4.69, 9.17) is 4.74 Å². The molecule has 5 N–H and O–H groups in total. The van der Waals surface area contributed by atoms with Crippen LogP contribution in [0.1, 0.15) is 132 Å². The van der Waals surface area contributed by atoms with Gasteiger partial charge in [0.1, 0.15) is 34.4 Å². The molecular formula is C45H52F4N6O10. The molecule has 0 spiro atoms. The van der Waals surface area contributed by atoms with Gasteiger partial charge in [0.15, 0.2) is 22.9 Å². The number of aliphatic hydroxyl groups is 2. The SMILES string of the molecule is C.C.CC1N(C)C(=O)c2c(O)c(=O)c(C(=O)NCc3ccc(F)cc3F)c3n2C1(C)CC3O.COc1c2n3c(c(C(=O)NCc4ccc(F)cc4F)c1=O)C(O)CC3(C)C(C)N(C)C2=O. The van der Waals surface area contributed by atoms with Gasteiger partial charge in [-0.05, 0) is 39.8 Å². The van der Waals surface area contributed by atoms with E-state index in [1.807, 2.05) is 13.8 Å². The molecule has 0 saturated carbocycles. The normalized spacial score (nSPS) is 23.3. The maximum atomic E-state index is 14.0. The van der Waals surface area contributed by atoms with Gasteiger partial charge in [-0.2, -0.15) is 0 Å². The van der Waals surface area contributed by atoms with Gasteiger partial charge in [-0.25, -0.2) is 17.6 Å². The Kier molecular flexibility index (Phi) is 13.3. The lowest BCUT2D eigenvalue weighted by Gasteiger charge is -2.45. The lowest BCUT2D eigenvalue weighted by atomic mass is 9.87. The Hall–Kier alpha value is -6.54. The zero-order valence-electron chi connectivity index (χ0n) is 35.1. The first-order chi connectivity index (χ1) is 29.5. The molecule has 4 aliphatic heterocycles. The molecule has 8 rings (SSSR count). The Morgan fingerprint density at radius 1 is 0.708 bits per heavy atom. The summed E-state index contributed by atoms with van der Waals surface area (Å²) >= 11 is 0. The molecule has 0 radical (unpaired) electrons. The third-order valence-corrected chi connectivity index (χ3v) is 13.2. The van der Waals surface area contributed by atoms with Crippen molar-refractivity contribution in [1.29, 1.82) is 0 Å². The zero-order valence-corrected chi connectivity index (χ0v) is 35.1. The van der Waals surface area contributed by atoms with Crippen molar-refractivity contribution < 1.29 is 56.8 Å². The van der Waals surface area contributed by atoms with Gasteiger partial charge in [0.05, 0.1) is 53.9 Å². The van der Waals surface area contributed by atoms with Gasteiger partial charge in [0, 0.05) is 63.3 Å². The first-order valence-corrected chi connectivity index (χ1v) is 19.8. The monoisotopic (exact) mass is 912 g/mol. The maximum absolute atomic E-state index is 14.0. The van der Waals surface area contributed by atoms with Crippen LogP contribution in [-0.4, -0.2) is 91.2 Å². The largest absolute Gasteiger partial charge is 0.503 e. The lowest BCUT2D eigenvalue weighted by molar-refractivity contribution is 0.0408. The van der Waals surface area contributed by atoms with Crippen LogP contribution in [-0.2, 0) is 24.2 Å². The molecular weight excluding hydrogens is 861 g/mol. The summed E-state index contributed by atoms with van der Waals surface area (Å²) in [6.07, 6.45) is -2.11. The number of nitrogens with zero attached hydrogens (tertiary/aromatic N) is 4. The number of hydrogen-bond donors (Lipinski definition) is 5. The first kappa shape index (κ1) is 49.5. The van der Waals surface area contributed by atoms with Crippen LogP contribution in [0.3, 0.4) is 0 Å². The second kappa shape index (κ2) is 17.4. The van der Waals surface area contributed by atoms with Gasteiger partial charge in [0.2, 0.25) is 10.9 Å². The zero-order chi connectivity index (χ0) is 46.4. The molecule has 0 fully saturated rings. The summed E-state index contributed by atoms with van der Waals surface area (Å²) in [4.78, 5) is 80.7. The minimum Gasteiger partial charge on any atom is -0.503 e. The van der Waals surface area contributed by atoms with Crippen LogP contribution in [0.5, 0.6) is 11.5 Å². The third kappa shape index (κ3) is 7.50. The van der Waals surface area contributed by atoms with E-state index in [0.717, 1.165) is 18.2 Å². The number of pyridine rings is 2. The van der Waals surface area contributed by atoms with Crippen molar-refractivity contribution in [2.24, 2.45) is 0 Å². The Morgan fingerprint density at radius 2 is 1.09 bits per heavy atom. The summed E-state index contributed by atoms with van der Waals surface area (Å²) in [6, 6.07) is 5.05. The highest BCUT2D eigenvalue weighted by Crippen LogP contribution is 2.50. The smallest absolute Gasteiger partial charge is 0.274 e. The lowest BCUT2D eigenvalue weighted by Crippen LogP contribution is -2.56. The topological polar surface area (TPSA) is 213 Å². The number of carbonyl (C=O) groups is 4. The van der Waals surface area contributed by atoms with Crippen molar-refractivity contribution >= 4 is 23.6 Å². The number of ether oxygens (including phenoxy) is 1. The van der Waals surface area contributed by atoms with Crippen LogP contribution in [0.2, 0.25) is 0 Å². The number of rotatable bonds is 7. The number of hydrogen-bond acceptors (Lipinski definition) is 10.